The van der Waals surface area contributed by atoms with Crippen molar-refractivity contribution in [3.05, 3.63) is 89.5 Å². The zero-order chi connectivity index (χ0) is 18.6. The van der Waals surface area contributed by atoms with Gasteiger partial charge in [0.2, 0.25) is 0 Å². The van der Waals surface area contributed by atoms with Crippen LogP contribution in [0.2, 0.25) is 0 Å². The Morgan fingerprint density at radius 3 is 2.19 bits per heavy atom. The summed E-state index contributed by atoms with van der Waals surface area (Å²) in [5.74, 6) is 1.80. The van der Waals surface area contributed by atoms with Crippen LogP contribution < -0.4 is 4.74 Å². The van der Waals surface area contributed by atoms with E-state index in [1.807, 2.05) is 48.5 Å². The Morgan fingerprint density at radius 2 is 1.46 bits per heavy atom. The van der Waals surface area contributed by atoms with E-state index in [1.54, 1.807) is 6.07 Å². The number of phenols is 1. The highest BCUT2D eigenvalue weighted by atomic mass is 16.5. The normalized spacial score (nSPS) is 11.3. The number of benzene rings is 3. The van der Waals surface area contributed by atoms with E-state index in [2.05, 4.69) is 39.0 Å². The summed E-state index contributed by atoms with van der Waals surface area (Å²) in [6.07, 6.45) is 2.02. The Labute approximate surface area is 156 Å². The number of para-hydroxylation sites is 1. The fourth-order valence-electron chi connectivity index (χ4n) is 3.43. The van der Waals surface area contributed by atoms with E-state index >= 15 is 0 Å². The molecule has 0 aliphatic rings. The van der Waals surface area contributed by atoms with Crippen molar-refractivity contribution >= 4 is 0 Å². The van der Waals surface area contributed by atoms with Crippen LogP contribution >= 0.6 is 0 Å². The SMILES string of the molecule is CCCc1ccccc1Oc1cccc(O)c1C(C)(C)c1ccccc1. The molecule has 0 radical (unpaired) electrons. The van der Waals surface area contributed by atoms with Crippen LogP contribution in [0.25, 0.3) is 0 Å². The molecule has 0 amide bonds. The quantitative estimate of drug-likeness (QED) is 0.555. The molecule has 0 fully saturated rings. The number of ether oxygens (including phenoxy) is 1. The molecule has 134 valence electrons. The summed E-state index contributed by atoms with van der Waals surface area (Å²) in [5, 5.41) is 10.7. The van der Waals surface area contributed by atoms with Crippen molar-refractivity contribution in [3.63, 3.8) is 0 Å². The molecule has 26 heavy (non-hydrogen) atoms. The van der Waals surface area contributed by atoms with Crippen molar-refractivity contribution in [1.29, 1.82) is 0 Å². The summed E-state index contributed by atoms with van der Waals surface area (Å²) < 4.78 is 6.32. The van der Waals surface area contributed by atoms with Gasteiger partial charge in [0.1, 0.15) is 17.2 Å². The van der Waals surface area contributed by atoms with E-state index < -0.39 is 0 Å². The Bertz CT molecular complexity index is 866. The summed E-state index contributed by atoms with van der Waals surface area (Å²) in [6, 6.07) is 23.8. The van der Waals surface area contributed by atoms with Crippen LogP contribution in [-0.2, 0) is 11.8 Å². The van der Waals surface area contributed by atoms with Crippen molar-refractivity contribution in [2.75, 3.05) is 0 Å². The van der Waals surface area contributed by atoms with Gasteiger partial charge in [0.15, 0.2) is 0 Å². The lowest BCUT2D eigenvalue weighted by atomic mass is 9.77. The maximum absolute atomic E-state index is 10.7. The van der Waals surface area contributed by atoms with Crippen LogP contribution in [0.5, 0.6) is 17.2 Å². The predicted octanol–water partition coefficient (Wildman–Crippen LogP) is 6.46. The smallest absolute Gasteiger partial charge is 0.135 e. The number of aryl methyl sites for hydroxylation is 1. The topological polar surface area (TPSA) is 29.5 Å². The predicted molar refractivity (Wildman–Crippen MR) is 107 cm³/mol. The summed E-state index contributed by atoms with van der Waals surface area (Å²) >= 11 is 0. The molecule has 3 aromatic rings. The van der Waals surface area contributed by atoms with Crippen molar-refractivity contribution < 1.29 is 9.84 Å². The summed E-state index contributed by atoms with van der Waals surface area (Å²) in [5.41, 5.74) is 2.73. The molecule has 0 atom stereocenters. The molecule has 1 N–H and O–H groups in total. The largest absolute Gasteiger partial charge is 0.507 e. The number of hydrogen-bond donors (Lipinski definition) is 1. The molecule has 3 rings (SSSR count). The Kier molecular flexibility index (Phi) is 5.32. The molecule has 0 aliphatic carbocycles. The molecule has 3 aromatic carbocycles. The Hall–Kier alpha value is -2.74. The van der Waals surface area contributed by atoms with Gasteiger partial charge in [0.25, 0.3) is 0 Å². The number of aromatic hydroxyl groups is 1. The lowest BCUT2D eigenvalue weighted by molar-refractivity contribution is 0.421. The fraction of sp³-hybridized carbons (Fsp3) is 0.250. The van der Waals surface area contributed by atoms with E-state index in [0.717, 1.165) is 29.7 Å². The highest BCUT2D eigenvalue weighted by Gasteiger charge is 2.30. The standard InChI is InChI=1S/C24H26O2/c1-4-11-18-12-8-9-16-21(18)26-22-17-10-15-20(25)23(22)24(2,3)19-13-6-5-7-14-19/h5-10,12-17,25H,4,11H2,1-3H3. The zero-order valence-corrected chi connectivity index (χ0v) is 15.7. The van der Waals surface area contributed by atoms with E-state index in [0.29, 0.717) is 5.75 Å². The molecule has 0 aliphatic heterocycles. The second-order valence-electron chi connectivity index (χ2n) is 7.10. The van der Waals surface area contributed by atoms with Crippen LogP contribution in [0.15, 0.2) is 72.8 Å². The van der Waals surface area contributed by atoms with E-state index in [1.165, 1.54) is 5.56 Å². The first-order chi connectivity index (χ1) is 12.5. The second-order valence-corrected chi connectivity index (χ2v) is 7.10. The van der Waals surface area contributed by atoms with Gasteiger partial charge in [-0.15, -0.1) is 0 Å². The molecule has 0 aromatic heterocycles. The molecular weight excluding hydrogens is 320 g/mol. The fourth-order valence-corrected chi connectivity index (χ4v) is 3.43. The number of hydrogen-bond acceptors (Lipinski definition) is 2. The molecule has 2 nitrogen and oxygen atoms in total. The van der Waals surface area contributed by atoms with E-state index in [9.17, 15) is 5.11 Å². The van der Waals surface area contributed by atoms with E-state index in [4.69, 9.17) is 4.74 Å². The average Bonchev–Trinajstić information content (AvgIpc) is 2.64. The zero-order valence-electron chi connectivity index (χ0n) is 15.7. The summed E-state index contributed by atoms with van der Waals surface area (Å²) in [6.45, 7) is 6.39. The maximum atomic E-state index is 10.7. The van der Waals surface area contributed by atoms with Crippen LogP contribution in [0, 0.1) is 0 Å². The maximum Gasteiger partial charge on any atom is 0.135 e. The van der Waals surface area contributed by atoms with Crippen molar-refractivity contribution in [2.24, 2.45) is 0 Å². The van der Waals surface area contributed by atoms with Crippen molar-refractivity contribution in [2.45, 2.75) is 39.0 Å². The second kappa shape index (κ2) is 7.65. The lowest BCUT2D eigenvalue weighted by Crippen LogP contribution is -2.20. The Balaban J connectivity index is 2.07. The minimum absolute atomic E-state index is 0.254. The van der Waals surface area contributed by atoms with Gasteiger partial charge in [-0.25, -0.2) is 0 Å². The minimum Gasteiger partial charge on any atom is -0.507 e. The van der Waals surface area contributed by atoms with Crippen LogP contribution in [0.1, 0.15) is 43.9 Å². The van der Waals surface area contributed by atoms with Gasteiger partial charge >= 0.3 is 0 Å². The molecule has 0 bridgehead atoms. The minimum atomic E-state index is -0.387. The number of rotatable bonds is 6. The third-order valence-corrected chi connectivity index (χ3v) is 4.84. The van der Waals surface area contributed by atoms with Gasteiger partial charge in [-0.05, 0) is 35.7 Å². The number of phenolic OH excluding ortho intramolecular Hbond substituents is 1. The van der Waals surface area contributed by atoms with Gasteiger partial charge in [-0.3, -0.25) is 0 Å². The summed E-state index contributed by atoms with van der Waals surface area (Å²) in [4.78, 5) is 0. The molecule has 0 saturated carbocycles. The highest BCUT2D eigenvalue weighted by Crippen LogP contribution is 2.44. The van der Waals surface area contributed by atoms with Gasteiger partial charge < -0.3 is 9.84 Å². The Morgan fingerprint density at radius 1 is 0.808 bits per heavy atom. The van der Waals surface area contributed by atoms with Gasteiger partial charge in [0.05, 0.1) is 0 Å². The van der Waals surface area contributed by atoms with Crippen LogP contribution in [0.4, 0.5) is 0 Å². The third kappa shape index (κ3) is 3.60. The molecule has 0 spiro atoms. The van der Waals surface area contributed by atoms with Gasteiger partial charge in [-0.1, -0.05) is 81.8 Å². The van der Waals surface area contributed by atoms with Gasteiger partial charge in [-0.2, -0.15) is 0 Å². The first-order valence-electron chi connectivity index (χ1n) is 9.17. The van der Waals surface area contributed by atoms with Crippen molar-refractivity contribution in [1.82, 2.24) is 0 Å². The third-order valence-electron chi connectivity index (χ3n) is 4.84. The molecular formula is C24H26O2. The lowest BCUT2D eigenvalue weighted by Gasteiger charge is -2.29. The highest BCUT2D eigenvalue weighted by molar-refractivity contribution is 5.54. The van der Waals surface area contributed by atoms with E-state index in [-0.39, 0.29) is 11.2 Å². The van der Waals surface area contributed by atoms with Crippen molar-refractivity contribution in [3.8, 4) is 17.2 Å². The van der Waals surface area contributed by atoms with Crippen LogP contribution in [-0.4, -0.2) is 5.11 Å². The molecule has 0 saturated heterocycles. The van der Waals surface area contributed by atoms with Gasteiger partial charge in [0, 0.05) is 11.0 Å². The molecule has 2 heteroatoms. The average molecular weight is 346 g/mol. The molecule has 0 heterocycles. The summed E-state index contributed by atoms with van der Waals surface area (Å²) in [7, 11) is 0. The first kappa shape index (κ1) is 18.1. The van der Waals surface area contributed by atoms with Crippen LogP contribution in [0.3, 0.4) is 0 Å². The first-order valence-corrected chi connectivity index (χ1v) is 9.17. The molecule has 0 unspecified atom stereocenters. The monoisotopic (exact) mass is 346 g/mol.